The third kappa shape index (κ3) is 4.28. The molecule has 0 unspecified atom stereocenters. The van der Waals surface area contributed by atoms with Crippen molar-refractivity contribution in [2.75, 3.05) is 13.1 Å². The van der Waals surface area contributed by atoms with Crippen molar-refractivity contribution in [2.45, 2.75) is 37.6 Å². The minimum Gasteiger partial charge on any atom is -0.388 e. The smallest absolute Gasteiger partial charge is 0.388 e. The summed E-state index contributed by atoms with van der Waals surface area (Å²) in [4.78, 5) is 8.06. The number of alkyl halides is 3. The lowest BCUT2D eigenvalue weighted by atomic mass is 9.85. The van der Waals surface area contributed by atoms with E-state index in [9.17, 15) is 13.2 Å². The van der Waals surface area contributed by atoms with E-state index >= 15 is 0 Å². The van der Waals surface area contributed by atoms with Crippen molar-refractivity contribution in [2.24, 2.45) is 5.16 Å². The Hall–Kier alpha value is -2.85. The molecular formula is C22H20F3N3O. The van der Waals surface area contributed by atoms with Gasteiger partial charge in [-0.2, -0.15) is 18.4 Å². The molecule has 0 atom stereocenters. The highest BCUT2D eigenvalue weighted by Gasteiger charge is 2.42. The fourth-order valence-corrected chi connectivity index (χ4v) is 3.88. The van der Waals surface area contributed by atoms with Crippen LogP contribution >= 0.6 is 0 Å². The number of likely N-dealkylation sites (tertiary alicyclic amines) is 1. The second kappa shape index (κ2) is 7.53. The van der Waals surface area contributed by atoms with Crippen LogP contribution in [0.4, 0.5) is 13.2 Å². The number of hydrogen-bond donors (Lipinski definition) is 0. The fraction of sp³-hybridized carbons (Fsp3) is 0.364. The van der Waals surface area contributed by atoms with Crippen molar-refractivity contribution in [1.29, 1.82) is 5.26 Å². The third-order valence-corrected chi connectivity index (χ3v) is 5.62. The van der Waals surface area contributed by atoms with Gasteiger partial charge in [0.2, 0.25) is 0 Å². The number of rotatable bonds is 3. The van der Waals surface area contributed by atoms with E-state index < -0.39 is 17.3 Å². The molecule has 7 heteroatoms. The van der Waals surface area contributed by atoms with Crippen LogP contribution in [-0.2, 0) is 17.6 Å². The molecule has 0 amide bonds. The molecule has 1 spiro atoms. The maximum Gasteiger partial charge on any atom is 0.416 e. The average molecular weight is 399 g/mol. The van der Waals surface area contributed by atoms with Gasteiger partial charge in [-0.3, -0.25) is 4.90 Å². The summed E-state index contributed by atoms with van der Waals surface area (Å²) in [7, 11) is 0. The first-order valence-electron chi connectivity index (χ1n) is 9.51. The van der Waals surface area contributed by atoms with E-state index in [0.717, 1.165) is 50.2 Å². The summed E-state index contributed by atoms with van der Waals surface area (Å²) in [6, 6.07) is 14.9. The fourth-order valence-electron chi connectivity index (χ4n) is 3.88. The highest BCUT2D eigenvalue weighted by Crippen LogP contribution is 2.37. The minimum absolute atomic E-state index is 0.426. The van der Waals surface area contributed by atoms with E-state index in [2.05, 4.69) is 16.1 Å². The van der Waals surface area contributed by atoms with Crippen LogP contribution < -0.4 is 0 Å². The van der Waals surface area contributed by atoms with E-state index in [-0.39, 0.29) is 0 Å². The van der Waals surface area contributed by atoms with Crippen molar-refractivity contribution in [1.82, 2.24) is 4.90 Å². The Balaban J connectivity index is 1.36. The Bertz CT molecular complexity index is 953. The molecule has 2 aromatic rings. The van der Waals surface area contributed by atoms with E-state index in [1.807, 2.05) is 24.3 Å². The standard InChI is InChI=1S/C22H20F3N3O/c23-22(24,25)19-3-1-2-18(12-19)20-13-21(29-27-20)8-10-28(11-9-21)15-17-6-4-16(14-26)5-7-17/h1-7,12H,8-11,13,15H2. The van der Waals surface area contributed by atoms with Crippen LogP contribution in [0.2, 0.25) is 0 Å². The number of halogens is 3. The SMILES string of the molecule is N#Cc1ccc(CN2CCC3(CC2)CC(c2cccc(C(F)(F)F)c2)=NO3)cc1. The number of nitriles is 1. The molecule has 0 bridgehead atoms. The van der Waals surface area contributed by atoms with Gasteiger partial charge in [0, 0.05) is 44.5 Å². The Labute approximate surface area is 167 Å². The lowest BCUT2D eigenvalue weighted by Crippen LogP contribution is -2.44. The summed E-state index contributed by atoms with van der Waals surface area (Å²) in [5.74, 6) is 0. The summed E-state index contributed by atoms with van der Waals surface area (Å²) in [6.07, 6.45) is -2.30. The zero-order valence-corrected chi connectivity index (χ0v) is 15.7. The second-order valence-corrected chi connectivity index (χ2v) is 7.65. The van der Waals surface area contributed by atoms with Crippen molar-refractivity contribution in [3.63, 3.8) is 0 Å². The Kier molecular flexibility index (Phi) is 5.05. The van der Waals surface area contributed by atoms with Crippen LogP contribution in [0.3, 0.4) is 0 Å². The molecule has 1 saturated heterocycles. The molecule has 0 aromatic heterocycles. The molecule has 150 valence electrons. The summed E-state index contributed by atoms with van der Waals surface area (Å²) >= 11 is 0. The van der Waals surface area contributed by atoms with Crippen molar-refractivity contribution >= 4 is 5.71 Å². The Morgan fingerprint density at radius 3 is 2.48 bits per heavy atom. The van der Waals surface area contributed by atoms with Gasteiger partial charge < -0.3 is 4.84 Å². The molecule has 2 aromatic carbocycles. The van der Waals surface area contributed by atoms with Gasteiger partial charge in [0.25, 0.3) is 0 Å². The lowest BCUT2D eigenvalue weighted by molar-refractivity contribution is -0.137. The number of piperidine rings is 1. The largest absolute Gasteiger partial charge is 0.416 e. The van der Waals surface area contributed by atoms with Gasteiger partial charge in [0.15, 0.2) is 0 Å². The highest BCUT2D eigenvalue weighted by molar-refractivity contribution is 6.01. The molecule has 2 aliphatic heterocycles. The summed E-state index contributed by atoms with van der Waals surface area (Å²) < 4.78 is 38.9. The van der Waals surface area contributed by atoms with Gasteiger partial charge in [0.1, 0.15) is 5.60 Å². The normalized spacial score (nSPS) is 18.9. The van der Waals surface area contributed by atoms with Crippen molar-refractivity contribution in [3.05, 3.63) is 70.8 Å². The van der Waals surface area contributed by atoms with Crippen LogP contribution in [-0.4, -0.2) is 29.3 Å². The molecule has 1 fully saturated rings. The first-order valence-corrected chi connectivity index (χ1v) is 9.51. The monoisotopic (exact) mass is 399 g/mol. The van der Waals surface area contributed by atoms with Crippen LogP contribution in [0.25, 0.3) is 0 Å². The number of hydrogen-bond acceptors (Lipinski definition) is 4. The molecular weight excluding hydrogens is 379 g/mol. The molecule has 4 rings (SSSR count). The number of benzene rings is 2. The highest BCUT2D eigenvalue weighted by atomic mass is 19.4. The maximum absolute atomic E-state index is 13.0. The van der Waals surface area contributed by atoms with Gasteiger partial charge in [-0.05, 0) is 29.8 Å². The van der Waals surface area contributed by atoms with Gasteiger partial charge >= 0.3 is 6.18 Å². The molecule has 0 aliphatic carbocycles. The van der Waals surface area contributed by atoms with Crippen LogP contribution in [0.15, 0.2) is 53.7 Å². The number of nitrogens with zero attached hydrogens (tertiary/aromatic N) is 3. The number of oxime groups is 1. The quantitative estimate of drug-likeness (QED) is 0.749. The molecule has 0 radical (unpaired) electrons. The predicted octanol–water partition coefficient (Wildman–Crippen LogP) is 4.74. The lowest BCUT2D eigenvalue weighted by Gasteiger charge is -2.37. The van der Waals surface area contributed by atoms with Gasteiger partial charge in [-0.1, -0.05) is 29.4 Å². The summed E-state index contributed by atoms with van der Waals surface area (Å²) in [5, 5.41) is 13.0. The van der Waals surface area contributed by atoms with Crippen molar-refractivity contribution < 1.29 is 18.0 Å². The van der Waals surface area contributed by atoms with E-state index in [0.29, 0.717) is 23.3 Å². The summed E-state index contributed by atoms with van der Waals surface area (Å²) in [5.41, 5.74) is 1.74. The molecule has 0 saturated carbocycles. The zero-order valence-electron chi connectivity index (χ0n) is 15.7. The molecule has 29 heavy (non-hydrogen) atoms. The van der Waals surface area contributed by atoms with Crippen LogP contribution in [0.1, 0.15) is 41.5 Å². The summed E-state index contributed by atoms with van der Waals surface area (Å²) in [6.45, 7) is 2.44. The van der Waals surface area contributed by atoms with Gasteiger partial charge in [-0.25, -0.2) is 0 Å². The van der Waals surface area contributed by atoms with Gasteiger partial charge in [-0.15, -0.1) is 0 Å². The van der Waals surface area contributed by atoms with Gasteiger partial charge in [0.05, 0.1) is 22.9 Å². The molecule has 2 aliphatic rings. The topological polar surface area (TPSA) is 48.6 Å². The zero-order chi connectivity index (χ0) is 20.5. The minimum atomic E-state index is -4.37. The predicted molar refractivity (Wildman–Crippen MR) is 102 cm³/mol. The van der Waals surface area contributed by atoms with E-state index in [4.69, 9.17) is 10.1 Å². The molecule has 4 nitrogen and oxygen atoms in total. The van der Waals surface area contributed by atoms with Crippen LogP contribution in [0.5, 0.6) is 0 Å². The first-order chi connectivity index (χ1) is 13.9. The molecule has 0 N–H and O–H groups in total. The maximum atomic E-state index is 13.0. The van der Waals surface area contributed by atoms with Crippen molar-refractivity contribution in [3.8, 4) is 6.07 Å². The van der Waals surface area contributed by atoms with E-state index in [1.54, 1.807) is 6.07 Å². The average Bonchev–Trinajstić information content (AvgIpc) is 3.14. The first kappa shape index (κ1) is 19.5. The Morgan fingerprint density at radius 1 is 1.10 bits per heavy atom. The molecule has 2 heterocycles. The van der Waals surface area contributed by atoms with E-state index in [1.165, 1.54) is 6.07 Å². The van der Waals surface area contributed by atoms with Crippen LogP contribution in [0, 0.1) is 11.3 Å². The third-order valence-electron chi connectivity index (χ3n) is 5.62. The Morgan fingerprint density at radius 2 is 1.83 bits per heavy atom. The second-order valence-electron chi connectivity index (χ2n) is 7.65.